The molecular formula is C15H21N5O. The number of hydrogen-bond donors (Lipinski definition) is 1. The number of nitrogens with one attached hydrogen (secondary N) is 1. The van der Waals surface area contributed by atoms with Gasteiger partial charge in [0.25, 0.3) is 0 Å². The van der Waals surface area contributed by atoms with Crippen LogP contribution in [0.2, 0.25) is 0 Å². The van der Waals surface area contributed by atoms with Crippen LogP contribution in [-0.4, -0.2) is 54.7 Å². The number of fused-ring (bicyclic) bond motifs is 1. The molecule has 1 N–H and O–H groups in total. The van der Waals surface area contributed by atoms with Crippen molar-refractivity contribution in [1.82, 2.24) is 14.5 Å². The first-order valence-electron chi connectivity index (χ1n) is 7.22. The fourth-order valence-electron chi connectivity index (χ4n) is 2.75. The van der Waals surface area contributed by atoms with Gasteiger partial charge in [-0.1, -0.05) is 0 Å². The van der Waals surface area contributed by atoms with E-state index in [1.54, 1.807) is 6.07 Å². The van der Waals surface area contributed by atoms with Gasteiger partial charge in [-0.25, -0.2) is 4.98 Å². The van der Waals surface area contributed by atoms with Crippen molar-refractivity contribution in [1.29, 1.82) is 0 Å². The molecule has 21 heavy (non-hydrogen) atoms. The predicted molar refractivity (Wildman–Crippen MR) is 86.2 cm³/mol. The minimum atomic E-state index is 0.00452. The molecule has 0 bridgehead atoms. The Morgan fingerprint density at radius 1 is 1.14 bits per heavy atom. The van der Waals surface area contributed by atoms with Crippen molar-refractivity contribution in [3.8, 4) is 0 Å². The minimum Gasteiger partial charge on any atom is -0.374 e. The Kier molecular flexibility index (Phi) is 3.55. The summed E-state index contributed by atoms with van der Waals surface area (Å²) in [7, 11) is 5.87. The molecule has 112 valence electrons. The summed E-state index contributed by atoms with van der Waals surface area (Å²) in [6.45, 7) is 4.01. The topological polar surface area (TPSA) is 53.4 Å². The maximum Gasteiger partial charge on any atom is 0.193 e. The first kappa shape index (κ1) is 13.9. The Morgan fingerprint density at radius 2 is 1.86 bits per heavy atom. The fraction of sp³-hybridized carbons (Fsp3) is 0.467. The van der Waals surface area contributed by atoms with E-state index in [9.17, 15) is 4.79 Å². The lowest BCUT2D eigenvalue weighted by molar-refractivity contribution is 0.312. The van der Waals surface area contributed by atoms with Crippen LogP contribution in [-0.2, 0) is 7.05 Å². The summed E-state index contributed by atoms with van der Waals surface area (Å²) < 4.78 is 1.93. The fourth-order valence-corrected chi connectivity index (χ4v) is 2.75. The Bertz CT molecular complexity index is 716. The van der Waals surface area contributed by atoms with E-state index in [2.05, 4.69) is 22.2 Å². The van der Waals surface area contributed by atoms with Gasteiger partial charge in [0, 0.05) is 46.3 Å². The highest BCUT2D eigenvalue weighted by Gasteiger charge is 2.16. The second kappa shape index (κ2) is 5.37. The number of hydrogen-bond acceptors (Lipinski definition) is 5. The molecule has 0 unspecified atom stereocenters. The summed E-state index contributed by atoms with van der Waals surface area (Å²) in [6.07, 6.45) is 0. The van der Waals surface area contributed by atoms with Gasteiger partial charge in [0.1, 0.15) is 17.3 Å². The Morgan fingerprint density at radius 3 is 2.52 bits per heavy atom. The molecule has 1 saturated heterocycles. The van der Waals surface area contributed by atoms with Crippen LogP contribution < -0.4 is 15.6 Å². The second-order valence-electron chi connectivity index (χ2n) is 5.53. The highest BCUT2D eigenvalue weighted by Crippen LogP contribution is 2.19. The Balaban J connectivity index is 2.07. The summed E-state index contributed by atoms with van der Waals surface area (Å²) in [5, 5.41) is 3.70. The summed E-state index contributed by atoms with van der Waals surface area (Å²) >= 11 is 0. The van der Waals surface area contributed by atoms with Gasteiger partial charge in [-0.15, -0.1) is 0 Å². The maximum absolute atomic E-state index is 12.1. The highest BCUT2D eigenvalue weighted by atomic mass is 16.1. The molecule has 0 atom stereocenters. The van der Waals surface area contributed by atoms with Crippen molar-refractivity contribution in [2.24, 2.45) is 7.05 Å². The minimum absolute atomic E-state index is 0.00452. The van der Waals surface area contributed by atoms with Crippen LogP contribution in [0.5, 0.6) is 0 Å². The number of rotatable bonds is 2. The van der Waals surface area contributed by atoms with Crippen molar-refractivity contribution in [3.05, 3.63) is 28.4 Å². The summed E-state index contributed by atoms with van der Waals surface area (Å²) in [5.74, 6) is 1.72. The molecule has 1 aliphatic rings. The van der Waals surface area contributed by atoms with E-state index < -0.39 is 0 Å². The lowest BCUT2D eigenvalue weighted by Crippen LogP contribution is -2.44. The number of piperazine rings is 1. The van der Waals surface area contributed by atoms with Crippen LogP contribution in [0.3, 0.4) is 0 Å². The molecule has 0 spiro atoms. The number of aryl methyl sites for hydroxylation is 1. The first-order valence-corrected chi connectivity index (χ1v) is 7.22. The summed E-state index contributed by atoms with van der Waals surface area (Å²) in [5.41, 5.74) is 0.730. The van der Waals surface area contributed by atoms with Gasteiger partial charge in [-0.3, -0.25) is 4.79 Å². The molecule has 0 radical (unpaired) electrons. The predicted octanol–water partition coefficient (Wildman–Crippen LogP) is 0.727. The number of anilines is 2. The van der Waals surface area contributed by atoms with Gasteiger partial charge in [0.05, 0.1) is 5.39 Å². The summed E-state index contributed by atoms with van der Waals surface area (Å²) in [6, 6.07) is 5.45. The van der Waals surface area contributed by atoms with E-state index >= 15 is 0 Å². The van der Waals surface area contributed by atoms with Crippen LogP contribution >= 0.6 is 0 Å². The van der Waals surface area contributed by atoms with Crippen molar-refractivity contribution >= 4 is 22.7 Å². The van der Waals surface area contributed by atoms with Crippen LogP contribution in [0.4, 0.5) is 11.6 Å². The van der Waals surface area contributed by atoms with Gasteiger partial charge < -0.3 is 19.7 Å². The van der Waals surface area contributed by atoms with Crippen molar-refractivity contribution in [3.63, 3.8) is 0 Å². The third kappa shape index (κ3) is 2.47. The van der Waals surface area contributed by atoms with Crippen LogP contribution in [0, 0.1) is 0 Å². The number of likely N-dealkylation sites (N-methyl/N-ethyl adjacent to an activating group) is 1. The number of nitrogens with zero attached hydrogens (tertiary/aromatic N) is 4. The normalized spacial score (nSPS) is 16.4. The molecule has 3 rings (SSSR count). The molecule has 1 fully saturated rings. The molecule has 2 aromatic rings. The van der Waals surface area contributed by atoms with E-state index in [4.69, 9.17) is 4.98 Å². The molecule has 1 aliphatic heterocycles. The molecule has 0 aromatic carbocycles. The van der Waals surface area contributed by atoms with Gasteiger partial charge in [-0.05, 0) is 19.2 Å². The zero-order valence-electron chi connectivity index (χ0n) is 12.8. The SMILES string of the molecule is CNc1cc(=O)c2ccc(N3CCN(C)CC3)nc2n1C. The Hall–Kier alpha value is -2.08. The number of aromatic nitrogens is 2. The Labute approximate surface area is 124 Å². The zero-order chi connectivity index (χ0) is 15.0. The van der Waals surface area contributed by atoms with Crippen molar-refractivity contribution < 1.29 is 0 Å². The largest absolute Gasteiger partial charge is 0.374 e. The first-order chi connectivity index (χ1) is 10.1. The highest BCUT2D eigenvalue weighted by molar-refractivity contribution is 5.79. The second-order valence-corrected chi connectivity index (χ2v) is 5.53. The third-order valence-corrected chi connectivity index (χ3v) is 4.16. The van der Waals surface area contributed by atoms with Crippen molar-refractivity contribution in [2.45, 2.75) is 0 Å². The standard InChI is InChI=1S/C15H21N5O/c1-16-14-10-12(21)11-4-5-13(17-15(11)19(14)3)20-8-6-18(2)7-9-20/h4-5,10,16H,6-9H2,1-3H3. The van der Waals surface area contributed by atoms with Crippen LogP contribution in [0.25, 0.3) is 11.0 Å². The van der Waals surface area contributed by atoms with Crippen LogP contribution in [0.1, 0.15) is 0 Å². The van der Waals surface area contributed by atoms with Gasteiger partial charge in [0.15, 0.2) is 5.43 Å². The molecule has 6 nitrogen and oxygen atoms in total. The lowest BCUT2D eigenvalue weighted by Gasteiger charge is -2.33. The average molecular weight is 287 g/mol. The van der Waals surface area contributed by atoms with Crippen molar-refractivity contribution in [2.75, 3.05) is 50.5 Å². The third-order valence-electron chi connectivity index (χ3n) is 4.16. The summed E-state index contributed by atoms with van der Waals surface area (Å²) in [4.78, 5) is 21.4. The molecular weight excluding hydrogens is 266 g/mol. The molecule has 0 saturated carbocycles. The van der Waals surface area contributed by atoms with Gasteiger partial charge in [-0.2, -0.15) is 0 Å². The average Bonchev–Trinajstić information content (AvgIpc) is 2.51. The van der Waals surface area contributed by atoms with E-state index in [-0.39, 0.29) is 5.43 Å². The smallest absolute Gasteiger partial charge is 0.193 e. The van der Waals surface area contributed by atoms with E-state index in [1.807, 2.05) is 30.8 Å². The lowest BCUT2D eigenvalue weighted by atomic mass is 10.2. The van der Waals surface area contributed by atoms with Gasteiger partial charge in [0.2, 0.25) is 0 Å². The molecule has 3 heterocycles. The molecule has 2 aromatic heterocycles. The quantitative estimate of drug-likeness (QED) is 0.882. The number of pyridine rings is 2. The van der Waals surface area contributed by atoms with E-state index in [0.717, 1.165) is 43.5 Å². The van der Waals surface area contributed by atoms with Gasteiger partial charge >= 0.3 is 0 Å². The molecule has 6 heteroatoms. The van der Waals surface area contributed by atoms with Crippen LogP contribution in [0.15, 0.2) is 23.0 Å². The molecule has 0 aliphatic carbocycles. The van der Waals surface area contributed by atoms with E-state index in [1.165, 1.54) is 0 Å². The zero-order valence-corrected chi connectivity index (χ0v) is 12.8. The molecule has 0 amide bonds. The van der Waals surface area contributed by atoms with E-state index in [0.29, 0.717) is 5.39 Å². The maximum atomic E-state index is 12.1. The monoisotopic (exact) mass is 287 g/mol.